The minimum Gasteiger partial charge on any atom is -0.381 e. The fourth-order valence-electron chi connectivity index (χ4n) is 4.77. The molecule has 36 heavy (non-hydrogen) atoms. The number of carbonyl (C=O) groups is 1. The van der Waals surface area contributed by atoms with Crippen LogP contribution in [-0.2, 0) is 4.74 Å². The van der Waals surface area contributed by atoms with Crippen molar-refractivity contribution in [1.82, 2.24) is 20.3 Å². The second-order valence-corrected chi connectivity index (χ2v) is 11.3. The van der Waals surface area contributed by atoms with E-state index in [0.717, 1.165) is 67.8 Å². The first-order valence-electron chi connectivity index (χ1n) is 13.4. The van der Waals surface area contributed by atoms with Crippen molar-refractivity contribution in [1.29, 1.82) is 0 Å². The molecule has 0 bridgehead atoms. The van der Waals surface area contributed by atoms with Gasteiger partial charge in [0.15, 0.2) is 10.8 Å². The van der Waals surface area contributed by atoms with E-state index in [2.05, 4.69) is 61.1 Å². The Morgan fingerprint density at radius 3 is 2.78 bits per heavy atom. The molecule has 1 amide bonds. The normalized spacial score (nSPS) is 17.6. The van der Waals surface area contributed by atoms with Gasteiger partial charge in [-0.2, -0.15) is 0 Å². The molecule has 3 rings (SSSR count). The van der Waals surface area contributed by atoms with Gasteiger partial charge >= 0.3 is 0 Å². The molecule has 0 aliphatic carbocycles. The number of anilines is 1. The van der Waals surface area contributed by atoms with Crippen LogP contribution in [0.4, 0.5) is 5.82 Å². The van der Waals surface area contributed by atoms with E-state index in [9.17, 15) is 4.79 Å². The second kappa shape index (κ2) is 13.8. The number of rotatable bonds is 13. The first kappa shape index (κ1) is 28.3. The Hall–Kier alpha value is -2.32. The number of thiazole rings is 1. The quantitative estimate of drug-likeness (QED) is 0.322. The maximum absolute atomic E-state index is 13.0. The highest BCUT2D eigenvalue weighted by atomic mass is 32.1. The topological polar surface area (TPSA) is 80.2 Å². The summed E-state index contributed by atoms with van der Waals surface area (Å²) in [6.07, 6.45) is 16.1. The summed E-state index contributed by atoms with van der Waals surface area (Å²) in [4.78, 5) is 30.1. The van der Waals surface area contributed by atoms with E-state index >= 15 is 0 Å². The van der Waals surface area contributed by atoms with Gasteiger partial charge in [-0.3, -0.25) is 4.79 Å². The SMILES string of the molecule is C/C=C\C=C/CC(C)CN(CC(C)(CC)CCC)c1ncnc2sc(C(=O)NC3CCOCC3)nc12. The van der Waals surface area contributed by atoms with Gasteiger partial charge in [0.25, 0.3) is 5.91 Å². The number of hydrogen-bond acceptors (Lipinski definition) is 7. The minimum absolute atomic E-state index is 0.130. The van der Waals surface area contributed by atoms with E-state index in [1.165, 1.54) is 11.3 Å². The van der Waals surface area contributed by atoms with Crippen LogP contribution in [0, 0.1) is 11.3 Å². The predicted octanol–water partition coefficient (Wildman–Crippen LogP) is 6.18. The van der Waals surface area contributed by atoms with E-state index in [0.29, 0.717) is 24.1 Å². The van der Waals surface area contributed by atoms with Gasteiger partial charge in [-0.05, 0) is 50.4 Å². The van der Waals surface area contributed by atoms with Crippen molar-refractivity contribution in [3.8, 4) is 0 Å². The lowest BCUT2D eigenvalue weighted by Gasteiger charge is -2.37. The van der Waals surface area contributed by atoms with E-state index in [-0.39, 0.29) is 17.4 Å². The number of hydrogen-bond donors (Lipinski definition) is 1. The summed E-state index contributed by atoms with van der Waals surface area (Å²) in [6, 6.07) is 0.135. The average molecular weight is 514 g/mol. The number of nitrogens with one attached hydrogen (secondary N) is 1. The molecular formula is C28H43N5O2S. The third kappa shape index (κ3) is 7.84. The van der Waals surface area contributed by atoms with Gasteiger partial charge in [0.05, 0.1) is 0 Å². The van der Waals surface area contributed by atoms with Crippen LogP contribution in [0.25, 0.3) is 10.3 Å². The molecule has 198 valence electrons. The van der Waals surface area contributed by atoms with Crippen LogP contribution < -0.4 is 10.2 Å². The van der Waals surface area contributed by atoms with E-state index in [1.807, 2.05) is 13.0 Å². The van der Waals surface area contributed by atoms with Crippen LogP contribution in [0.15, 0.2) is 30.6 Å². The van der Waals surface area contributed by atoms with E-state index < -0.39 is 0 Å². The number of ether oxygens (including phenoxy) is 1. The van der Waals surface area contributed by atoms with Crippen molar-refractivity contribution in [3.05, 3.63) is 35.6 Å². The highest BCUT2D eigenvalue weighted by molar-refractivity contribution is 7.19. The highest BCUT2D eigenvalue weighted by Crippen LogP contribution is 2.34. The smallest absolute Gasteiger partial charge is 0.280 e. The molecule has 2 atom stereocenters. The summed E-state index contributed by atoms with van der Waals surface area (Å²) < 4.78 is 5.42. The molecule has 1 aliphatic rings. The Bertz CT molecular complexity index is 1030. The lowest BCUT2D eigenvalue weighted by Crippen LogP contribution is -2.39. The van der Waals surface area contributed by atoms with Crippen LogP contribution in [-0.4, -0.2) is 53.2 Å². The lowest BCUT2D eigenvalue weighted by molar-refractivity contribution is 0.0696. The number of aromatic nitrogens is 3. The van der Waals surface area contributed by atoms with Gasteiger partial charge in [0, 0.05) is 32.3 Å². The first-order chi connectivity index (χ1) is 17.4. The first-order valence-corrected chi connectivity index (χ1v) is 14.2. The van der Waals surface area contributed by atoms with Crippen LogP contribution >= 0.6 is 11.3 Å². The van der Waals surface area contributed by atoms with E-state index in [1.54, 1.807) is 6.33 Å². The van der Waals surface area contributed by atoms with Crippen molar-refractivity contribution < 1.29 is 9.53 Å². The number of amides is 1. The zero-order valence-electron chi connectivity index (χ0n) is 22.6. The summed E-state index contributed by atoms with van der Waals surface area (Å²) in [7, 11) is 0. The summed E-state index contributed by atoms with van der Waals surface area (Å²) in [5.41, 5.74) is 0.900. The average Bonchev–Trinajstić information content (AvgIpc) is 3.32. The van der Waals surface area contributed by atoms with Crippen LogP contribution in [0.5, 0.6) is 0 Å². The summed E-state index contributed by atoms with van der Waals surface area (Å²) >= 11 is 1.35. The predicted molar refractivity (Wildman–Crippen MR) is 150 cm³/mol. The molecule has 2 aromatic heterocycles. The van der Waals surface area contributed by atoms with Crippen LogP contribution in [0.1, 0.15) is 82.9 Å². The Morgan fingerprint density at radius 1 is 1.31 bits per heavy atom. The Morgan fingerprint density at radius 2 is 2.08 bits per heavy atom. The number of nitrogens with zero attached hydrogens (tertiary/aromatic N) is 4. The maximum atomic E-state index is 13.0. The van der Waals surface area contributed by atoms with E-state index in [4.69, 9.17) is 14.7 Å². The molecule has 0 aromatic carbocycles. The molecule has 1 saturated heterocycles. The molecule has 2 unspecified atom stereocenters. The monoisotopic (exact) mass is 513 g/mol. The second-order valence-electron chi connectivity index (χ2n) is 10.3. The lowest BCUT2D eigenvalue weighted by atomic mass is 9.82. The zero-order valence-corrected chi connectivity index (χ0v) is 23.4. The molecule has 8 heteroatoms. The number of carbonyl (C=O) groups excluding carboxylic acids is 1. The summed E-state index contributed by atoms with van der Waals surface area (Å²) in [5.74, 6) is 1.14. The highest BCUT2D eigenvalue weighted by Gasteiger charge is 2.28. The van der Waals surface area contributed by atoms with Crippen molar-refractivity contribution in [2.45, 2.75) is 79.2 Å². The molecule has 1 N–H and O–H groups in total. The summed E-state index contributed by atoms with van der Waals surface area (Å²) in [5, 5.41) is 3.58. The zero-order chi connectivity index (χ0) is 26.0. The van der Waals surface area contributed by atoms with Gasteiger partial charge in [-0.1, -0.05) is 69.8 Å². The molecular weight excluding hydrogens is 470 g/mol. The number of fused-ring (bicyclic) bond motifs is 1. The molecule has 0 radical (unpaired) electrons. The molecule has 3 heterocycles. The van der Waals surface area contributed by atoms with Gasteiger partial charge in [-0.25, -0.2) is 15.0 Å². The third-order valence-corrected chi connectivity index (χ3v) is 7.98. The van der Waals surface area contributed by atoms with Gasteiger partial charge in [-0.15, -0.1) is 0 Å². The standard InChI is InChI=1S/C28H43N5O2S/c1-6-9-10-11-12-21(4)18-33(19-28(5,8-3)15-7-2)24-23-26(30-20-29-24)36-27(32-23)25(34)31-22-13-16-35-17-14-22/h6,9-11,20-22H,7-8,12-19H2,1-5H3,(H,31,34)/b9-6-,11-10-. The van der Waals surface area contributed by atoms with Crippen LogP contribution in [0.3, 0.4) is 0 Å². The fourth-order valence-corrected chi connectivity index (χ4v) is 5.57. The van der Waals surface area contributed by atoms with Gasteiger partial charge in [0.2, 0.25) is 0 Å². The van der Waals surface area contributed by atoms with Crippen molar-refractivity contribution >= 4 is 33.4 Å². The van der Waals surface area contributed by atoms with Crippen molar-refractivity contribution in [2.75, 3.05) is 31.2 Å². The molecule has 0 spiro atoms. The number of allylic oxidation sites excluding steroid dienone is 4. The molecule has 1 aliphatic heterocycles. The Kier molecular flexibility index (Phi) is 10.9. The Balaban J connectivity index is 1.88. The molecule has 2 aromatic rings. The minimum atomic E-state index is -0.130. The van der Waals surface area contributed by atoms with Crippen molar-refractivity contribution in [3.63, 3.8) is 0 Å². The van der Waals surface area contributed by atoms with Gasteiger partial charge in [0.1, 0.15) is 16.7 Å². The summed E-state index contributed by atoms with van der Waals surface area (Å²) in [6.45, 7) is 14.3. The molecule has 0 saturated carbocycles. The molecule has 7 nitrogen and oxygen atoms in total. The molecule has 1 fully saturated rings. The van der Waals surface area contributed by atoms with Crippen molar-refractivity contribution in [2.24, 2.45) is 11.3 Å². The largest absolute Gasteiger partial charge is 0.381 e. The fraction of sp³-hybridized carbons (Fsp3) is 0.643. The van der Waals surface area contributed by atoms with Crippen LogP contribution in [0.2, 0.25) is 0 Å². The maximum Gasteiger partial charge on any atom is 0.280 e. The Labute approximate surface area is 220 Å². The van der Waals surface area contributed by atoms with Gasteiger partial charge < -0.3 is 15.0 Å². The third-order valence-electron chi connectivity index (χ3n) is 7.02.